The average Bonchev–Trinajstić information content (AvgIpc) is 2.08. The molecule has 1 rings (SSSR count). The first-order valence-electron chi connectivity index (χ1n) is 3.62. The van der Waals surface area contributed by atoms with E-state index in [1.165, 1.54) is 0 Å². The minimum Gasteiger partial charge on any atom is -0.497 e. The Morgan fingerprint density at radius 1 is 1.27 bits per heavy atom. The molecule has 0 saturated carbocycles. The molecule has 0 fully saturated rings. The summed E-state index contributed by atoms with van der Waals surface area (Å²) in [7, 11) is 1.62. The van der Waals surface area contributed by atoms with E-state index < -0.39 is 0 Å². The highest BCUT2D eigenvalue weighted by Gasteiger charge is 1.88. The molecule has 2 heteroatoms. The largest absolute Gasteiger partial charge is 0.497 e. The summed E-state index contributed by atoms with van der Waals surface area (Å²) in [6.45, 7) is 4.00. The first-order chi connectivity index (χ1) is 5.33. The maximum atomic E-state index is 5.64. The summed E-state index contributed by atoms with van der Waals surface area (Å²) in [6.07, 6.45) is 0. The highest BCUT2D eigenvalue weighted by Crippen LogP contribution is 2.15. The van der Waals surface area contributed by atoms with Crippen molar-refractivity contribution in [2.45, 2.75) is 13.8 Å². The fourth-order valence-corrected chi connectivity index (χ4v) is 0.774. The Balaban J connectivity index is 0.000000461. The fraction of sp³-hybridized carbons (Fsp3) is 0.333. The van der Waals surface area contributed by atoms with Crippen LogP contribution in [0.1, 0.15) is 13.8 Å². The Morgan fingerprint density at radius 3 is 2.27 bits per heavy atom. The van der Waals surface area contributed by atoms with E-state index in [4.69, 9.17) is 16.3 Å². The highest BCUT2D eigenvalue weighted by atomic mass is 35.5. The number of benzene rings is 1. The Hall–Kier alpha value is -0.690. The third-order valence-corrected chi connectivity index (χ3v) is 1.27. The van der Waals surface area contributed by atoms with Gasteiger partial charge in [0.15, 0.2) is 0 Å². The topological polar surface area (TPSA) is 9.23 Å². The van der Waals surface area contributed by atoms with Crippen LogP contribution in [0.5, 0.6) is 5.75 Å². The van der Waals surface area contributed by atoms with Crippen molar-refractivity contribution < 1.29 is 4.74 Å². The SMILES string of the molecule is CC.COc1cccc(Cl)c1. The number of ether oxygens (including phenoxy) is 1. The summed E-state index contributed by atoms with van der Waals surface area (Å²) in [5.41, 5.74) is 0. The molecule has 1 aromatic carbocycles. The number of hydrogen-bond acceptors (Lipinski definition) is 1. The van der Waals surface area contributed by atoms with Crippen molar-refractivity contribution in [1.29, 1.82) is 0 Å². The molecule has 0 heterocycles. The molecular formula is C9H13ClO. The summed E-state index contributed by atoms with van der Waals surface area (Å²) in [6, 6.07) is 7.28. The van der Waals surface area contributed by atoms with Crippen LogP contribution >= 0.6 is 11.6 Å². The third kappa shape index (κ3) is 3.89. The van der Waals surface area contributed by atoms with Crippen molar-refractivity contribution in [3.63, 3.8) is 0 Å². The molecular weight excluding hydrogens is 160 g/mol. The lowest BCUT2D eigenvalue weighted by atomic mass is 10.3. The van der Waals surface area contributed by atoms with Crippen LogP contribution in [0.15, 0.2) is 24.3 Å². The summed E-state index contributed by atoms with van der Waals surface area (Å²) < 4.78 is 4.91. The molecule has 1 aromatic rings. The monoisotopic (exact) mass is 172 g/mol. The molecule has 1 nitrogen and oxygen atoms in total. The van der Waals surface area contributed by atoms with Crippen LogP contribution in [0.2, 0.25) is 5.02 Å². The van der Waals surface area contributed by atoms with E-state index in [9.17, 15) is 0 Å². The van der Waals surface area contributed by atoms with Crippen LogP contribution in [-0.2, 0) is 0 Å². The van der Waals surface area contributed by atoms with Gasteiger partial charge >= 0.3 is 0 Å². The molecule has 0 aliphatic carbocycles. The molecule has 0 saturated heterocycles. The van der Waals surface area contributed by atoms with Crippen LogP contribution in [0.3, 0.4) is 0 Å². The molecule has 0 unspecified atom stereocenters. The van der Waals surface area contributed by atoms with E-state index in [-0.39, 0.29) is 0 Å². The average molecular weight is 173 g/mol. The maximum absolute atomic E-state index is 5.64. The Labute approximate surface area is 72.9 Å². The van der Waals surface area contributed by atoms with Gasteiger partial charge in [-0.1, -0.05) is 31.5 Å². The van der Waals surface area contributed by atoms with Gasteiger partial charge in [0, 0.05) is 5.02 Å². The minimum atomic E-state index is 0.703. The predicted octanol–water partition coefficient (Wildman–Crippen LogP) is 3.37. The van der Waals surface area contributed by atoms with Crippen molar-refractivity contribution >= 4 is 11.6 Å². The van der Waals surface area contributed by atoms with Crippen molar-refractivity contribution in [1.82, 2.24) is 0 Å². The molecule has 0 atom stereocenters. The lowest BCUT2D eigenvalue weighted by Crippen LogP contribution is -1.79. The van der Waals surface area contributed by atoms with E-state index >= 15 is 0 Å². The molecule has 0 amide bonds. The van der Waals surface area contributed by atoms with E-state index in [1.807, 2.05) is 32.0 Å². The van der Waals surface area contributed by atoms with Crippen molar-refractivity contribution in [3.05, 3.63) is 29.3 Å². The van der Waals surface area contributed by atoms with Gasteiger partial charge in [-0.2, -0.15) is 0 Å². The van der Waals surface area contributed by atoms with E-state index in [1.54, 1.807) is 13.2 Å². The van der Waals surface area contributed by atoms with Crippen LogP contribution in [0.25, 0.3) is 0 Å². The van der Waals surface area contributed by atoms with Crippen LogP contribution < -0.4 is 4.74 Å². The number of rotatable bonds is 1. The van der Waals surface area contributed by atoms with Gasteiger partial charge in [0.25, 0.3) is 0 Å². The van der Waals surface area contributed by atoms with Gasteiger partial charge < -0.3 is 4.74 Å². The van der Waals surface area contributed by atoms with Gasteiger partial charge in [0.2, 0.25) is 0 Å². The minimum absolute atomic E-state index is 0.703. The predicted molar refractivity (Wildman–Crippen MR) is 49.4 cm³/mol. The zero-order valence-corrected chi connectivity index (χ0v) is 7.85. The van der Waals surface area contributed by atoms with Gasteiger partial charge in [-0.05, 0) is 18.2 Å². The first kappa shape index (κ1) is 10.3. The van der Waals surface area contributed by atoms with Gasteiger partial charge in [-0.15, -0.1) is 0 Å². The summed E-state index contributed by atoms with van der Waals surface area (Å²) in [5, 5.41) is 0.703. The number of halogens is 1. The zero-order valence-electron chi connectivity index (χ0n) is 7.10. The van der Waals surface area contributed by atoms with Crippen molar-refractivity contribution in [2.24, 2.45) is 0 Å². The maximum Gasteiger partial charge on any atom is 0.120 e. The van der Waals surface area contributed by atoms with Gasteiger partial charge in [0.05, 0.1) is 7.11 Å². The molecule has 0 aromatic heterocycles. The van der Waals surface area contributed by atoms with Crippen LogP contribution in [-0.4, -0.2) is 7.11 Å². The molecule has 0 aliphatic rings. The van der Waals surface area contributed by atoms with Gasteiger partial charge in [-0.3, -0.25) is 0 Å². The molecule has 0 bridgehead atoms. The second-order valence-electron chi connectivity index (χ2n) is 1.66. The van der Waals surface area contributed by atoms with E-state index in [2.05, 4.69) is 0 Å². The third-order valence-electron chi connectivity index (χ3n) is 1.03. The molecule has 0 N–H and O–H groups in total. The Morgan fingerprint density at radius 2 is 1.91 bits per heavy atom. The highest BCUT2D eigenvalue weighted by molar-refractivity contribution is 6.30. The molecule has 11 heavy (non-hydrogen) atoms. The quantitative estimate of drug-likeness (QED) is 0.631. The van der Waals surface area contributed by atoms with Crippen molar-refractivity contribution in [3.8, 4) is 5.75 Å². The number of methoxy groups -OCH3 is 1. The summed E-state index contributed by atoms with van der Waals surface area (Å²) in [4.78, 5) is 0. The fourth-order valence-electron chi connectivity index (χ4n) is 0.594. The van der Waals surface area contributed by atoms with Gasteiger partial charge in [0.1, 0.15) is 5.75 Å². The second-order valence-corrected chi connectivity index (χ2v) is 2.10. The standard InChI is InChI=1S/C7H7ClO.C2H6/c1-9-7-4-2-3-6(8)5-7;1-2/h2-5H,1H3;1-2H3. The molecule has 0 aliphatic heterocycles. The second kappa shape index (κ2) is 6.05. The van der Waals surface area contributed by atoms with E-state index in [0.717, 1.165) is 5.75 Å². The Bertz CT molecular complexity index is 199. The van der Waals surface area contributed by atoms with Crippen LogP contribution in [0, 0.1) is 0 Å². The van der Waals surface area contributed by atoms with Crippen molar-refractivity contribution in [2.75, 3.05) is 7.11 Å². The van der Waals surface area contributed by atoms with Gasteiger partial charge in [-0.25, -0.2) is 0 Å². The lowest BCUT2D eigenvalue weighted by molar-refractivity contribution is 0.415. The molecule has 62 valence electrons. The molecule has 0 radical (unpaired) electrons. The zero-order chi connectivity index (χ0) is 8.69. The normalized spacial score (nSPS) is 8.00. The summed E-state index contributed by atoms with van der Waals surface area (Å²) in [5.74, 6) is 0.794. The first-order valence-corrected chi connectivity index (χ1v) is 4.00. The lowest BCUT2D eigenvalue weighted by Gasteiger charge is -1.96. The van der Waals surface area contributed by atoms with Crippen LogP contribution in [0.4, 0.5) is 0 Å². The summed E-state index contributed by atoms with van der Waals surface area (Å²) >= 11 is 5.64. The Kier molecular flexibility index (Phi) is 5.67. The number of hydrogen-bond donors (Lipinski definition) is 0. The molecule has 0 spiro atoms. The smallest absolute Gasteiger partial charge is 0.120 e. The van der Waals surface area contributed by atoms with E-state index in [0.29, 0.717) is 5.02 Å².